The van der Waals surface area contributed by atoms with Crippen molar-refractivity contribution in [3.05, 3.63) is 42.5 Å². The maximum Gasteiger partial charge on any atom is 0.408 e. The lowest BCUT2D eigenvalue weighted by Gasteiger charge is -2.16. The van der Waals surface area contributed by atoms with Crippen LogP contribution in [0.25, 0.3) is 27.7 Å². The smallest absolute Gasteiger partial charge is 0.357 e. The number of halogens is 3. The molecule has 29 heavy (non-hydrogen) atoms. The molecule has 0 unspecified atom stereocenters. The molecule has 150 valence electrons. The molecule has 0 spiro atoms. The Morgan fingerprint density at radius 3 is 2.83 bits per heavy atom. The number of carbonyl (C=O) groups excluding carboxylic acids is 1. The average molecular weight is 403 g/mol. The van der Waals surface area contributed by atoms with Crippen molar-refractivity contribution in [2.45, 2.75) is 19.1 Å². The minimum Gasteiger partial charge on any atom is -0.357 e. The maximum absolute atomic E-state index is 12.8. The van der Waals surface area contributed by atoms with Crippen LogP contribution in [0.5, 0.6) is 0 Å². The summed E-state index contributed by atoms with van der Waals surface area (Å²) in [6.07, 6.45) is 1.77. The standard InChI is InChI=1S/C18H16F3N7O/c1-9(18(19,20)21)26-16(29)13-8-25-28-4-3-10(5-14(13)28)11-6-23-15-12(11)7-24-17(22-2)27-15/h3-9H,1-2H3,(H,26,29)(H2,22,23,24,27)/t9-/m1/s1. The van der Waals surface area contributed by atoms with Crippen molar-refractivity contribution in [2.24, 2.45) is 0 Å². The minimum absolute atomic E-state index is 0.0523. The Hall–Kier alpha value is -3.63. The average Bonchev–Trinajstić information content (AvgIpc) is 3.30. The van der Waals surface area contributed by atoms with E-state index in [0.29, 0.717) is 17.1 Å². The van der Waals surface area contributed by atoms with Crippen molar-refractivity contribution in [3.63, 3.8) is 0 Å². The molecule has 0 aliphatic heterocycles. The molecule has 0 saturated carbocycles. The predicted octanol–water partition coefficient (Wildman–Crippen LogP) is 2.99. The number of nitrogens with zero attached hydrogens (tertiary/aromatic N) is 4. The number of hydrogen-bond acceptors (Lipinski definition) is 5. The Bertz CT molecular complexity index is 1210. The summed E-state index contributed by atoms with van der Waals surface area (Å²) < 4.78 is 39.7. The molecule has 11 heteroatoms. The number of amides is 1. The van der Waals surface area contributed by atoms with E-state index in [9.17, 15) is 18.0 Å². The van der Waals surface area contributed by atoms with E-state index in [2.05, 4.69) is 25.4 Å². The van der Waals surface area contributed by atoms with Crippen LogP contribution in [0.4, 0.5) is 19.1 Å². The molecule has 0 radical (unpaired) electrons. The number of aromatic nitrogens is 5. The van der Waals surface area contributed by atoms with Crippen molar-refractivity contribution >= 4 is 28.4 Å². The number of aromatic amines is 1. The predicted molar refractivity (Wildman–Crippen MR) is 101 cm³/mol. The van der Waals surface area contributed by atoms with Crippen LogP contribution in [0, 0.1) is 0 Å². The number of anilines is 1. The molecule has 3 N–H and O–H groups in total. The van der Waals surface area contributed by atoms with E-state index in [-0.39, 0.29) is 5.56 Å². The Morgan fingerprint density at radius 1 is 1.31 bits per heavy atom. The minimum atomic E-state index is -4.53. The third-order valence-electron chi connectivity index (χ3n) is 4.57. The van der Waals surface area contributed by atoms with Gasteiger partial charge in [-0.3, -0.25) is 4.79 Å². The summed E-state index contributed by atoms with van der Waals surface area (Å²) in [4.78, 5) is 24.0. The molecule has 4 rings (SSSR count). The van der Waals surface area contributed by atoms with E-state index < -0.39 is 18.1 Å². The second kappa shape index (κ2) is 6.76. The summed E-state index contributed by atoms with van der Waals surface area (Å²) in [6.45, 7) is 0.889. The topological polar surface area (TPSA) is 100 Å². The Kier molecular flexibility index (Phi) is 4.36. The molecule has 0 aromatic carbocycles. The van der Waals surface area contributed by atoms with Gasteiger partial charge in [-0.2, -0.15) is 23.3 Å². The van der Waals surface area contributed by atoms with Gasteiger partial charge in [0.25, 0.3) is 5.91 Å². The Balaban J connectivity index is 1.73. The van der Waals surface area contributed by atoms with Crippen LogP contribution < -0.4 is 10.6 Å². The largest absolute Gasteiger partial charge is 0.408 e. The van der Waals surface area contributed by atoms with Crippen LogP contribution in [-0.4, -0.2) is 49.7 Å². The summed E-state index contributed by atoms with van der Waals surface area (Å²) in [5, 5.41) is 9.64. The SMILES string of the molecule is CNc1ncc2c(-c3ccn4ncc(C(=O)N[C@H](C)C(F)(F)F)c4c3)c[nH]c2n1. The lowest BCUT2D eigenvalue weighted by molar-refractivity contribution is -0.149. The van der Waals surface area contributed by atoms with Gasteiger partial charge in [-0.1, -0.05) is 0 Å². The molecular formula is C18H16F3N7O. The highest BCUT2D eigenvalue weighted by Gasteiger charge is 2.37. The summed E-state index contributed by atoms with van der Waals surface area (Å²) in [5.41, 5.74) is 2.60. The Morgan fingerprint density at radius 2 is 2.10 bits per heavy atom. The van der Waals surface area contributed by atoms with E-state index in [0.717, 1.165) is 23.4 Å². The van der Waals surface area contributed by atoms with Gasteiger partial charge in [0.1, 0.15) is 11.7 Å². The van der Waals surface area contributed by atoms with E-state index in [4.69, 9.17) is 0 Å². The van der Waals surface area contributed by atoms with Crippen molar-refractivity contribution < 1.29 is 18.0 Å². The Labute approximate surface area is 162 Å². The van der Waals surface area contributed by atoms with Crippen molar-refractivity contribution in [3.8, 4) is 11.1 Å². The normalized spacial score (nSPS) is 13.0. The number of H-pyrrole nitrogens is 1. The lowest BCUT2D eigenvalue weighted by Crippen LogP contribution is -2.43. The molecule has 0 fully saturated rings. The summed E-state index contributed by atoms with van der Waals surface area (Å²) in [5.74, 6) is -0.377. The quantitative estimate of drug-likeness (QED) is 0.486. The molecule has 0 aliphatic carbocycles. The zero-order valence-corrected chi connectivity index (χ0v) is 15.4. The lowest BCUT2D eigenvalue weighted by atomic mass is 10.1. The third kappa shape index (κ3) is 3.35. The molecule has 1 amide bonds. The van der Waals surface area contributed by atoms with Gasteiger partial charge in [0.2, 0.25) is 5.95 Å². The van der Waals surface area contributed by atoms with Gasteiger partial charge in [0, 0.05) is 36.6 Å². The molecule has 4 aromatic heterocycles. The number of carbonyl (C=O) groups is 1. The van der Waals surface area contributed by atoms with E-state index >= 15 is 0 Å². The van der Waals surface area contributed by atoms with Crippen LogP contribution in [-0.2, 0) is 0 Å². The first-order chi connectivity index (χ1) is 13.8. The van der Waals surface area contributed by atoms with E-state index in [1.54, 1.807) is 37.8 Å². The molecular weight excluding hydrogens is 387 g/mol. The van der Waals surface area contributed by atoms with Crippen molar-refractivity contribution in [1.29, 1.82) is 0 Å². The molecule has 0 bridgehead atoms. The number of hydrogen-bond donors (Lipinski definition) is 3. The first-order valence-corrected chi connectivity index (χ1v) is 8.65. The van der Waals surface area contributed by atoms with Crippen molar-refractivity contribution in [1.82, 2.24) is 29.9 Å². The highest BCUT2D eigenvalue weighted by Crippen LogP contribution is 2.29. The molecule has 0 saturated heterocycles. The summed E-state index contributed by atoms with van der Waals surface area (Å²) >= 11 is 0. The van der Waals surface area contributed by atoms with Gasteiger partial charge in [-0.05, 0) is 24.6 Å². The van der Waals surface area contributed by atoms with E-state index in [1.165, 1.54) is 10.7 Å². The molecule has 0 aliphatic rings. The molecule has 1 atom stereocenters. The zero-order valence-electron chi connectivity index (χ0n) is 15.4. The highest BCUT2D eigenvalue weighted by atomic mass is 19.4. The zero-order chi connectivity index (χ0) is 20.8. The number of rotatable bonds is 4. The first kappa shape index (κ1) is 18.7. The van der Waals surface area contributed by atoms with Crippen LogP contribution in [0.3, 0.4) is 0 Å². The van der Waals surface area contributed by atoms with Gasteiger partial charge >= 0.3 is 6.18 Å². The van der Waals surface area contributed by atoms with Gasteiger partial charge in [-0.15, -0.1) is 0 Å². The van der Waals surface area contributed by atoms with E-state index in [1.807, 2.05) is 5.32 Å². The van der Waals surface area contributed by atoms with Gasteiger partial charge < -0.3 is 15.6 Å². The van der Waals surface area contributed by atoms with Crippen LogP contribution in [0.1, 0.15) is 17.3 Å². The summed E-state index contributed by atoms with van der Waals surface area (Å²) in [6, 6.07) is 1.50. The van der Waals surface area contributed by atoms with Crippen LogP contribution in [0.2, 0.25) is 0 Å². The first-order valence-electron chi connectivity index (χ1n) is 8.65. The fourth-order valence-corrected chi connectivity index (χ4v) is 2.95. The fraction of sp³-hybridized carbons (Fsp3) is 0.222. The van der Waals surface area contributed by atoms with Crippen molar-refractivity contribution in [2.75, 3.05) is 12.4 Å². The number of pyridine rings is 1. The highest BCUT2D eigenvalue weighted by molar-refractivity contribution is 6.02. The third-order valence-corrected chi connectivity index (χ3v) is 4.57. The van der Waals surface area contributed by atoms with Gasteiger partial charge in [0.15, 0.2) is 0 Å². The summed E-state index contributed by atoms with van der Waals surface area (Å²) in [7, 11) is 1.71. The monoisotopic (exact) mass is 403 g/mol. The number of fused-ring (bicyclic) bond motifs is 2. The number of alkyl halides is 3. The number of nitrogens with one attached hydrogen (secondary N) is 3. The second-order valence-corrected chi connectivity index (χ2v) is 6.45. The van der Waals surface area contributed by atoms with Crippen LogP contribution in [0.15, 0.2) is 36.9 Å². The van der Waals surface area contributed by atoms with Crippen LogP contribution >= 0.6 is 0 Å². The van der Waals surface area contributed by atoms with Gasteiger partial charge in [-0.25, -0.2) is 9.50 Å². The molecule has 4 heterocycles. The van der Waals surface area contributed by atoms with Gasteiger partial charge in [0.05, 0.1) is 17.3 Å². The maximum atomic E-state index is 12.8. The molecule has 4 aromatic rings. The fourth-order valence-electron chi connectivity index (χ4n) is 2.95. The molecule has 8 nitrogen and oxygen atoms in total. The second-order valence-electron chi connectivity index (χ2n) is 6.45.